The highest BCUT2D eigenvalue weighted by molar-refractivity contribution is 5.87. The first-order valence-corrected chi connectivity index (χ1v) is 12.4. The molecule has 0 aliphatic carbocycles. The van der Waals surface area contributed by atoms with Crippen molar-refractivity contribution in [3.63, 3.8) is 0 Å². The Kier molecular flexibility index (Phi) is 9.10. The van der Waals surface area contributed by atoms with E-state index in [1.807, 2.05) is 0 Å². The number of ether oxygens (including phenoxy) is 2. The third-order valence-electron chi connectivity index (χ3n) is 6.14. The number of aryl methyl sites for hydroxylation is 2. The molecule has 0 saturated carbocycles. The van der Waals surface area contributed by atoms with Crippen LogP contribution in [0.4, 0.5) is 22.0 Å². The molecule has 3 aromatic carbocycles. The number of aromatic nitrogens is 2. The summed E-state index contributed by atoms with van der Waals surface area (Å²) in [5, 5.41) is 1.03. The van der Waals surface area contributed by atoms with Crippen molar-refractivity contribution in [2.24, 2.45) is 0 Å². The van der Waals surface area contributed by atoms with Crippen LogP contribution in [0.1, 0.15) is 43.7 Å². The van der Waals surface area contributed by atoms with Crippen LogP contribution in [0.2, 0.25) is 0 Å². The van der Waals surface area contributed by atoms with Gasteiger partial charge in [0.1, 0.15) is 5.82 Å². The molecule has 1 heterocycles. The maximum Gasteiger partial charge on any atom is 0.387 e. The molecule has 4 nitrogen and oxygen atoms in total. The van der Waals surface area contributed by atoms with E-state index in [1.54, 1.807) is 42.7 Å². The maximum atomic E-state index is 15.2. The van der Waals surface area contributed by atoms with Crippen LogP contribution >= 0.6 is 0 Å². The number of nitrogens with zero attached hydrogens (tertiary/aromatic N) is 2. The van der Waals surface area contributed by atoms with E-state index >= 15 is 4.39 Å². The Morgan fingerprint density at radius 2 is 1.58 bits per heavy atom. The molecule has 4 rings (SSSR count). The minimum absolute atomic E-state index is 0.101. The van der Waals surface area contributed by atoms with Crippen molar-refractivity contribution in [1.82, 2.24) is 9.97 Å². The lowest BCUT2D eigenvalue weighted by Crippen LogP contribution is -2.06. The Morgan fingerprint density at radius 1 is 0.842 bits per heavy atom. The molecule has 0 N–H and O–H groups in total. The first-order valence-electron chi connectivity index (χ1n) is 12.4. The number of hydrogen-bond acceptors (Lipinski definition) is 4. The van der Waals surface area contributed by atoms with Crippen LogP contribution in [-0.2, 0) is 12.8 Å². The smallest absolute Gasteiger partial charge is 0.387 e. The zero-order valence-electron chi connectivity index (χ0n) is 20.8. The molecule has 0 unspecified atom stereocenters. The number of unbranched alkanes of at least 4 members (excludes halogenated alkanes) is 3. The van der Waals surface area contributed by atoms with Gasteiger partial charge in [0.15, 0.2) is 29.0 Å². The number of rotatable bonds is 12. The van der Waals surface area contributed by atoms with Crippen LogP contribution in [0.15, 0.2) is 54.9 Å². The largest absolute Gasteiger partial charge is 0.490 e. The lowest BCUT2D eigenvalue weighted by Gasteiger charge is -2.11. The highest BCUT2D eigenvalue weighted by Gasteiger charge is 2.17. The van der Waals surface area contributed by atoms with E-state index < -0.39 is 29.8 Å². The maximum absolute atomic E-state index is 15.2. The second-order valence-corrected chi connectivity index (χ2v) is 8.89. The third-order valence-corrected chi connectivity index (χ3v) is 6.14. The van der Waals surface area contributed by atoms with Gasteiger partial charge in [-0.2, -0.15) is 8.78 Å². The van der Waals surface area contributed by atoms with Gasteiger partial charge in [0.25, 0.3) is 0 Å². The van der Waals surface area contributed by atoms with Gasteiger partial charge in [-0.05, 0) is 54.0 Å². The first kappa shape index (κ1) is 27.3. The van der Waals surface area contributed by atoms with Crippen molar-refractivity contribution in [2.75, 3.05) is 6.61 Å². The van der Waals surface area contributed by atoms with Gasteiger partial charge in [-0.25, -0.2) is 23.1 Å². The fourth-order valence-electron chi connectivity index (χ4n) is 4.17. The van der Waals surface area contributed by atoms with Gasteiger partial charge in [-0.3, -0.25) is 0 Å². The summed E-state index contributed by atoms with van der Waals surface area (Å²) in [6.45, 7) is -0.578. The molecule has 0 aliphatic rings. The Morgan fingerprint density at radius 3 is 2.26 bits per heavy atom. The summed E-state index contributed by atoms with van der Waals surface area (Å²) in [6, 6.07) is 10.3. The Balaban J connectivity index is 1.43. The van der Waals surface area contributed by atoms with Crippen LogP contribution in [0.5, 0.6) is 11.5 Å². The van der Waals surface area contributed by atoms with Gasteiger partial charge in [-0.15, -0.1) is 0 Å². The van der Waals surface area contributed by atoms with Crippen molar-refractivity contribution < 1.29 is 31.4 Å². The van der Waals surface area contributed by atoms with Crippen LogP contribution in [0, 0.1) is 17.5 Å². The quantitative estimate of drug-likeness (QED) is 0.137. The van der Waals surface area contributed by atoms with Crippen molar-refractivity contribution in [3.8, 4) is 22.9 Å². The van der Waals surface area contributed by atoms with Gasteiger partial charge in [0.2, 0.25) is 0 Å². The minimum atomic E-state index is -3.35. The topological polar surface area (TPSA) is 44.2 Å². The minimum Gasteiger partial charge on any atom is -0.490 e. The average molecular weight is 531 g/mol. The van der Waals surface area contributed by atoms with Crippen molar-refractivity contribution >= 4 is 10.8 Å². The number of alkyl halides is 2. The van der Waals surface area contributed by atoms with E-state index in [1.165, 1.54) is 6.42 Å². The summed E-state index contributed by atoms with van der Waals surface area (Å²) in [5.41, 5.74) is 1.27. The van der Waals surface area contributed by atoms with Gasteiger partial charge in [0.05, 0.1) is 19.0 Å². The molecule has 4 aromatic rings. The van der Waals surface area contributed by atoms with Crippen LogP contribution in [0.3, 0.4) is 0 Å². The number of fused-ring (bicyclic) bond motifs is 1. The summed E-state index contributed by atoms with van der Waals surface area (Å²) >= 11 is 0. The van der Waals surface area contributed by atoms with Crippen LogP contribution < -0.4 is 9.47 Å². The number of halogens is 5. The molecule has 200 valence electrons. The summed E-state index contributed by atoms with van der Waals surface area (Å²) in [5.74, 6) is -2.97. The van der Waals surface area contributed by atoms with Gasteiger partial charge < -0.3 is 9.47 Å². The molecule has 0 fully saturated rings. The van der Waals surface area contributed by atoms with Crippen molar-refractivity contribution in [2.45, 2.75) is 52.1 Å². The molecule has 0 amide bonds. The summed E-state index contributed by atoms with van der Waals surface area (Å²) in [6.07, 6.45) is 7.93. The summed E-state index contributed by atoms with van der Waals surface area (Å²) < 4.78 is 77.4. The summed E-state index contributed by atoms with van der Waals surface area (Å²) in [4.78, 5) is 8.74. The van der Waals surface area contributed by atoms with E-state index in [0.29, 0.717) is 34.5 Å². The predicted octanol–water partition coefficient (Wildman–Crippen LogP) is 8.06. The molecule has 0 atom stereocenters. The fourth-order valence-corrected chi connectivity index (χ4v) is 4.17. The summed E-state index contributed by atoms with van der Waals surface area (Å²) in [7, 11) is 0. The van der Waals surface area contributed by atoms with Crippen LogP contribution in [0.25, 0.3) is 22.2 Å². The Bertz CT molecular complexity index is 1360. The molecular weight excluding hydrogens is 503 g/mol. The van der Waals surface area contributed by atoms with E-state index in [0.717, 1.165) is 37.0 Å². The Hall–Kier alpha value is -3.75. The first-order chi connectivity index (χ1) is 18.4. The molecule has 0 aliphatic heterocycles. The fraction of sp³-hybridized carbons (Fsp3) is 0.310. The zero-order valence-corrected chi connectivity index (χ0v) is 20.8. The molecule has 38 heavy (non-hydrogen) atoms. The third kappa shape index (κ3) is 6.76. The standard InChI is InChI=1S/C29H27F5N2O2/c1-2-3-4-5-12-37-22-16-35-28(36-17-22)21-10-11-23-20(15-21)9-8-19(26(23)32)7-6-18-13-24(30)27(25(31)14-18)38-29(33)34/h8-11,13-17,29H,2-7,12H2,1H3. The van der Waals surface area contributed by atoms with Gasteiger partial charge in [-0.1, -0.05) is 50.5 Å². The highest BCUT2D eigenvalue weighted by atomic mass is 19.3. The monoisotopic (exact) mass is 530 g/mol. The van der Waals surface area contributed by atoms with Crippen molar-refractivity contribution in [3.05, 3.63) is 83.4 Å². The number of hydrogen-bond donors (Lipinski definition) is 0. The SMILES string of the molecule is CCCCCCOc1cnc(-c2ccc3c(F)c(CCc4cc(F)c(OC(F)F)c(F)c4)ccc3c2)nc1. The second-order valence-electron chi connectivity index (χ2n) is 8.89. The molecule has 9 heteroatoms. The molecule has 1 aromatic heterocycles. The number of benzene rings is 3. The van der Waals surface area contributed by atoms with E-state index in [4.69, 9.17) is 4.74 Å². The second kappa shape index (κ2) is 12.7. The lowest BCUT2D eigenvalue weighted by atomic mass is 9.98. The highest BCUT2D eigenvalue weighted by Crippen LogP contribution is 2.29. The lowest BCUT2D eigenvalue weighted by molar-refractivity contribution is -0.0546. The normalized spacial score (nSPS) is 11.3. The average Bonchev–Trinajstić information content (AvgIpc) is 2.90. The van der Waals surface area contributed by atoms with Gasteiger partial charge in [0, 0.05) is 10.9 Å². The van der Waals surface area contributed by atoms with Crippen LogP contribution in [-0.4, -0.2) is 23.2 Å². The molecule has 0 saturated heterocycles. The zero-order chi connectivity index (χ0) is 27.1. The van der Waals surface area contributed by atoms with E-state index in [2.05, 4.69) is 21.6 Å². The predicted molar refractivity (Wildman–Crippen MR) is 135 cm³/mol. The molecular formula is C29H27F5N2O2. The molecule has 0 spiro atoms. The molecule has 0 bridgehead atoms. The van der Waals surface area contributed by atoms with E-state index in [-0.39, 0.29) is 18.4 Å². The molecule has 0 radical (unpaired) electrons. The Labute approximate surface area is 217 Å². The van der Waals surface area contributed by atoms with Gasteiger partial charge >= 0.3 is 6.61 Å². The van der Waals surface area contributed by atoms with Crippen molar-refractivity contribution in [1.29, 1.82) is 0 Å². The van der Waals surface area contributed by atoms with E-state index in [9.17, 15) is 17.6 Å².